The summed E-state index contributed by atoms with van der Waals surface area (Å²) < 4.78 is 0. The standard InChI is InChI=1S/C18H19N3O3/c1-11-2-4-12(5-3-11)18(6-7-18)17(24)21-9-14-13(19-10-20-14)8-15(21)16(22)23/h2-5,10,15H,6-9H2,1H3,(H,19,20)(H,22,23)/t15-/m0/s1. The molecule has 2 aromatic rings. The Balaban J connectivity index is 1.68. The van der Waals surface area contributed by atoms with E-state index in [2.05, 4.69) is 9.97 Å². The van der Waals surface area contributed by atoms with Gasteiger partial charge in [0.2, 0.25) is 5.91 Å². The molecule has 0 bridgehead atoms. The summed E-state index contributed by atoms with van der Waals surface area (Å²) in [4.78, 5) is 33.6. The van der Waals surface area contributed by atoms with E-state index in [1.54, 1.807) is 6.33 Å². The summed E-state index contributed by atoms with van der Waals surface area (Å²) in [7, 11) is 0. The number of aliphatic carboxylic acids is 1. The van der Waals surface area contributed by atoms with Crippen LogP contribution in [0.2, 0.25) is 0 Å². The molecule has 1 aliphatic heterocycles. The molecule has 1 aromatic carbocycles. The fourth-order valence-corrected chi connectivity index (χ4v) is 3.57. The van der Waals surface area contributed by atoms with Crippen molar-refractivity contribution in [1.29, 1.82) is 0 Å². The molecule has 1 fully saturated rings. The van der Waals surface area contributed by atoms with Crippen LogP contribution in [-0.4, -0.2) is 37.9 Å². The van der Waals surface area contributed by atoms with Crippen LogP contribution < -0.4 is 0 Å². The van der Waals surface area contributed by atoms with Crippen molar-refractivity contribution in [3.63, 3.8) is 0 Å². The van der Waals surface area contributed by atoms with Gasteiger partial charge in [0, 0.05) is 6.42 Å². The molecule has 0 saturated heterocycles. The van der Waals surface area contributed by atoms with Crippen LogP contribution in [0, 0.1) is 6.92 Å². The number of carboxylic acid groups (broad SMARTS) is 1. The number of aryl methyl sites for hydroxylation is 1. The Morgan fingerprint density at radius 2 is 2.00 bits per heavy atom. The lowest BCUT2D eigenvalue weighted by Crippen LogP contribution is -2.52. The Labute approximate surface area is 139 Å². The van der Waals surface area contributed by atoms with Gasteiger partial charge < -0.3 is 15.0 Å². The van der Waals surface area contributed by atoms with Gasteiger partial charge in [-0.3, -0.25) is 4.79 Å². The lowest BCUT2D eigenvalue weighted by molar-refractivity contribution is -0.152. The number of carbonyl (C=O) groups is 2. The van der Waals surface area contributed by atoms with E-state index >= 15 is 0 Å². The number of aromatic nitrogens is 2. The minimum absolute atomic E-state index is 0.0843. The number of nitrogens with one attached hydrogen (secondary N) is 1. The lowest BCUT2D eigenvalue weighted by atomic mass is 9.91. The molecule has 0 spiro atoms. The van der Waals surface area contributed by atoms with Crippen molar-refractivity contribution >= 4 is 11.9 Å². The summed E-state index contributed by atoms with van der Waals surface area (Å²) in [6.07, 6.45) is 3.36. The number of benzene rings is 1. The monoisotopic (exact) mass is 325 g/mol. The number of rotatable bonds is 3. The zero-order valence-electron chi connectivity index (χ0n) is 13.5. The smallest absolute Gasteiger partial charge is 0.326 e. The largest absolute Gasteiger partial charge is 0.480 e. The number of hydrogen-bond acceptors (Lipinski definition) is 3. The van der Waals surface area contributed by atoms with E-state index in [-0.39, 0.29) is 18.9 Å². The van der Waals surface area contributed by atoms with E-state index in [0.717, 1.165) is 35.4 Å². The van der Waals surface area contributed by atoms with E-state index in [4.69, 9.17) is 0 Å². The number of imidazole rings is 1. The number of carbonyl (C=O) groups excluding carboxylic acids is 1. The van der Waals surface area contributed by atoms with Crippen LogP contribution in [0.25, 0.3) is 0 Å². The molecule has 4 rings (SSSR count). The maximum Gasteiger partial charge on any atom is 0.326 e. The van der Waals surface area contributed by atoms with Gasteiger partial charge in [0.25, 0.3) is 0 Å². The summed E-state index contributed by atoms with van der Waals surface area (Å²) in [5.74, 6) is -1.06. The quantitative estimate of drug-likeness (QED) is 0.901. The first-order valence-corrected chi connectivity index (χ1v) is 8.13. The minimum atomic E-state index is -0.975. The van der Waals surface area contributed by atoms with Crippen LogP contribution in [0.4, 0.5) is 0 Å². The van der Waals surface area contributed by atoms with Gasteiger partial charge in [-0.25, -0.2) is 9.78 Å². The molecule has 2 N–H and O–H groups in total. The van der Waals surface area contributed by atoms with Gasteiger partial charge in [0.15, 0.2) is 0 Å². The Bertz CT molecular complexity index is 805. The summed E-state index contributed by atoms with van der Waals surface area (Å²) in [5, 5.41) is 9.58. The highest BCUT2D eigenvalue weighted by Gasteiger charge is 2.55. The highest BCUT2D eigenvalue weighted by Crippen LogP contribution is 2.50. The average molecular weight is 325 g/mol. The first kappa shape index (κ1) is 14.9. The average Bonchev–Trinajstić information content (AvgIpc) is 3.25. The molecule has 1 aliphatic carbocycles. The van der Waals surface area contributed by atoms with Gasteiger partial charge in [-0.15, -0.1) is 0 Å². The van der Waals surface area contributed by atoms with Crippen molar-refractivity contribution in [2.75, 3.05) is 0 Å². The van der Waals surface area contributed by atoms with Crippen molar-refractivity contribution in [1.82, 2.24) is 14.9 Å². The zero-order valence-corrected chi connectivity index (χ0v) is 13.5. The van der Waals surface area contributed by atoms with Crippen LogP contribution in [0.3, 0.4) is 0 Å². The van der Waals surface area contributed by atoms with Gasteiger partial charge in [0.05, 0.1) is 29.7 Å². The van der Waals surface area contributed by atoms with Gasteiger partial charge in [0.1, 0.15) is 6.04 Å². The number of H-pyrrole nitrogens is 1. The van der Waals surface area contributed by atoms with Gasteiger partial charge in [-0.05, 0) is 25.3 Å². The zero-order chi connectivity index (χ0) is 16.9. The van der Waals surface area contributed by atoms with Crippen LogP contribution in [-0.2, 0) is 28.0 Å². The Kier molecular flexibility index (Phi) is 3.23. The summed E-state index contributed by atoms with van der Waals surface area (Å²) >= 11 is 0. The molecule has 0 radical (unpaired) electrons. The molecular formula is C18H19N3O3. The van der Waals surface area contributed by atoms with Gasteiger partial charge in [-0.2, -0.15) is 0 Å². The number of amides is 1. The van der Waals surface area contributed by atoms with Crippen LogP contribution >= 0.6 is 0 Å². The highest BCUT2D eigenvalue weighted by molar-refractivity contribution is 5.94. The molecule has 0 unspecified atom stereocenters. The molecule has 1 atom stereocenters. The van der Waals surface area contributed by atoms with Crippen LogP contribution in [0.15, 0.2) is 30.6 Å². The fraction of sp³-hybridized carbons (Fsp3) is 0.389. The maximum atomic E-state index is 13.2. The van der Waals surface area contributed by atoms with Crippen molar-refractivity contribution in [2.45, 2.75) is 44.2 Å². The summed E-state index contributed by atoms with van der Waals surface area (Å²) in [6.45, 7) is 2.29. The third-order valence-corrected chi connectivity index (χ3v) is 5.21. The number of aromatic amines is 1. The van der Waals surface area contributed by atoms with Crippen molar-refractivity contribution in [3.8, 4) is 0 Å². The second-order valence-corrected chi connectivity index (χ2v) is 6.77. The van der Waals surface area contributed by atoms with Crippen molar-refractivity contribution in [2.24, 2.45) is 0 Å². The van der Waals surface area contributed by atoms with Crippen LogP contribution in [0.1, 0.15) is 35.4 Å². The molecule has 1 amide bonds. The molecular weight excluding hydrogens is 306 g/mol. The molecule has 6 nitrogen and oxygen atoms in total. The predicted molar refractivity (Wildman–Crippen MR) is 86.4 cm³/mol. The van der Waals surface area contributed by atoms with E-state index in [0.29, 0.717) is 0 Å². The minimum Gasteiger partial charge on any atom is -0.480 e. The number of carboxylic acids is 1. The molecule has 24 heavy (non-hydrogen) atoms. The van der Waals surface area contributed by atoms with Crippen molar-refractivity contribution in [3.05, 3.63) is 53.1 Å². The Hall–Kier alpha value is -2.63. The lowest BCUT2D eigenvalue weighted by Gasteiger charge is -2.35. The third kappa shape index (κ3) is 2.21. The Morgan fingerprint density at radius 3 is 2.62 bits per heavy atom. The third-order valence-electron chi connectivity index (χ3n) is 5.21. The topological polar surface area (TPSA) is 86.3 Å². The number of hydrogen-bond donors (Lipinski definition) is 2. The number of fused-ring (bicyclic) bond motifs is 1. The molecule has 6 heteroatoms. The van der Waals surface area contributed by atoms with Gasteiger partial charge >= 0.3 is 5.97 Å². The van der Waals surface area contributed by atoms with E-state index in [1.165, 1.54) is 4.90 Å². The first-order valence-electron chi connectivity index (χ1n) is 8.13. The molecule has 2 heterocycles. The summed E-state index contributed by atoms with van der Waals surface area (Å²) in [6, 6.07) is 7.13. The fourth-order valence-electron chi connectivity index (χ4n) is 3.57. The molecule has 2 aliphatic rings. The second-order valence-electron chi connectivity index (χ2n) is 6.77. The SMILES string of the molecule is Cc1ccc(C2(C(=O)N3Cc4[nH]cnc4C[C@H]3C(=O)O)CC2)cc1. The summed E-state index contributed by atoms with van der Waals surface area (Å²) in [5.41, 5.74) is 3.15. The maximum absolute atomic E-state index is 13.2. The molecule has 124 valence electrons. The van der Waals surface area contributed by atoms with E-state index in [9.17, 15) is 14.7 Å². The number of nitrogens with zero attached hydrogens (tertiary/aromatic N) is 2. The van der Waals surface area contributed by atoms with Gasteiger partial charge in [-0.1, -0.05) is 29.8 Å². The van der Waals surface area contributed by atoms with E-state index in [1.807, 2.05) is 31.2 Å². The second kappa shape index (κ2) is 5.19. The first-order chi connectivity index (χ1) is 11.5. The van der Waals surface area contributed by atoms with Crippen molar-refractivity contribution < 1.29 is 14.7 Å². The van der Waals surface area contributed by atoms with Crippen LogP contribution in [0.5, 0.6) is 0 Å². The predicted octanol–water partition coefficient (Wildman–Crippen LogP) is 1.79. The normalized spacial score (nSPS) is 21.2. The molecule has 1 aromatic heterocycles. The van der Waals surface area contributed by atoms with E-state index < -0.39 is 17.4 Å². The Morgan fingerprint density at radius 1 is 1.29 bits per heavy atom. The highest BCUT2D eigenvalue weighted by atomic mass is 16.4. The molecule has 1 saturated carbocycles.